The minimum atomic E-state index is -0.237. The topological polar surface area (TPSA) is 67.9 Å². The molecule has 0 unspecified atom stereocenters. The zero-order valence-corrected chi connectivity index (χ0v) is 15.0. The smallest absolute Gasteiger partial charge is 0.251 e. The van der Waals surface area contributed by atoms with Crippen LogP contribution in [0, 0.1) is 0 Å². The van der Waals surface area contributed by atoms with Gasteiger partial charge in [-0.1, -0.05) is 24.3 Å². The first-order chi connectivity index (χ1) is 13.2. The van der Waals surface area contributed by atoms with E-state index in [1.165, 1.54) is 0 Å². The van der Waals surface area contributed by atoms with Crippen molar-refractivity contribution in [3.63, 3.8) is 0 Å². The van der Waals surface area contributed by atoms with Gasteiger partial charge in [-0.05, 0) is 42.7 Å². The van der Waals surface area contributed by atoms with Gasteiger partial charge in [-0.2, -0.15) is 0 Å². The van der Waals surface area contributed by atoms with Crippen LogP contribution in [0.2, 0.25) is 0 Å². The predicted molar refractivity (Wildman–Crippen MR) is 99.9 cm³/mol. The van der Waals surface area contributed by atoms with Crippen molar-refractivity contribution in [1.29, 1.82) is 0 Å². The molecule has 2 heterocycles. The van der Waals surface area contributed by atoms with Crippen molar-refractivity contribution in [2.45, 2.75) is 18.9 Å². The molecule has 0 aliphatic carbocycles. The summed E-state index contributed by atoms with van der Waals surface area (Å²) in [6.45, 7) is 1.78. The minimum Gasteiger partial charge on any atom is -0.486 e. The van der Waals surface area contributed by atoms with Crippen LogP contribution in [0.5, 0.6) is 11.5 Å². The Morgan fingerprint density at radius 1 is 1.04 bits per heavy atom. The van der Waals surface area contributed by atoms with Gasteiger partial charge in [0.05, 0.1) is 12.6 Å². The number of benzene rings is 2. The molecule has 4 rings (SSSR count). The van der Waals surface area contributed by atoms with Gasteiger partial charge >= 0.3 is 0 Å². The number of nitrogens with zero attached hydrogens (tertiary/aromatic N) is 1. The van der Waals surface area contributed by atoms with Crippen LogP contribution < -0.4 is 14.8 Å². The quantitative estimate of drug-likeness (QED) is 0.903. The van der Waals surface area contributed by atoms with Gasteiger partial charge in [-0.25, -0.2) is 0 Å². The van der Waals surface area contributed by atoms with Crippen molar-refractivity contribution in [3.05, 3.63) is 59.7 Å². The standard InChI is InChI=1S/C21H22N2O4/c24-20(14-22-21(25)15-5-2-1-3-6-15)23-10-4-7-17(23)16-8-9-18-19(13-16)27-12-11-26-18/h1-3,5-6,8-9,13,17H,4,7,10-12,14H2,(H,22,25)/t17-/m0/s1. The number of hydrogen-bond donors (Lipinski definition) is 1. The van der Waals surface area contributed by atoms with Crippen LogP contribution in [0.1, 0.15) is 34.8 Å². The fraction of sp³-hybridized carbons (Fsp3) is 0.333. The van der Waals surface area contributed by atoms with E-state index in [1.54, 1.807) is 24.3 Å². The third-order valence-corrected chi connectivity index (χ3v) is 4.96. The van der Waals surface area contributed by atoms with E-state index in [9.17, 15) is 9.59 Å². The van der Waals surface area contributed by atoms with E-state index in [-0.39, 0.29) is 24.4 Å². The summed E-state index contributed by atoms with van der Waals surface area (Å²) in [6, 6.07) is 14.8. The number of rotatable bonds is 4. The molecular weight excluding hydrogens is 344 g/mol. The van der Waals surface area contributed by atoms with Crippen LogP contribution in [0.25, 0.3) is 0 Å². The number of nitrogens with one attached hydrogen (secondary N) is 1. The first-order valence-electron chi connectivity index (χ1n) is 9.24. The molecule has 140 valence electrons. The molecule has 0 aromatic heterocycles. The van der Waals surface area contributed by atoms with Crippen molar-refractivity contribution in [1.82, 2.24) is 10.2 Å². The molecule has 2 aliphatic rings. The number of carbonyl (C=O) groups excluding carboxylic acids is 2. The van der Waals surface area contributed by atoms with E-state index in [2.05, 4.69) is 5.32 Å². The summed E-state index contributed by atoms with van der Waals surface area (Å²) >= 11 is 0. The van der Waals surface area contributed by atoms with Crippen LogP contribution in [0.3, 0.4) is 0 Å². The Kier molecular flexibility index (Phi) is 4.96. The number of fused-ring (bicyclic) bond motifs is 1. The normalized spacial score (nSPS) is 18.2. The second kappa shape index (κ2) is 7.70. The molecule has 1 N–H and O–H groups in total. The van der Waals surface area contributed by atoms with E-state index >= 15 is 0 Å². The van der Waals surface area contributed by atoms with Gasteiger partial charge in [-0.15, -0.1) is 0 Å². The van der Waals surface area contributed by atoms with Crippen LogP contribution >= 0.6 is 0 Å². The van der Waals surface area contributed by atoms with E-state index in [1.807, 2.05) is 29.2 Å². The van der Waals surface area contributed by atoms with Gasteiger partial charge in [0.1, 0.15) is 13.2 Å². The summed E-state index contributed by atoms with van der Waals surface area (Å²) < 4.78 is 11.2. The molecule has 1 atom stereocenters. The second-order valence-corrected chi connectivity index (χ2v) is 6.70. The summed E-state index contributed by atoms with van der Waals surface area (Å²) in [5, 5.41) is 2.72. The summed E-state index contributed by atoms with van der Waals surface area (Å²) in [5.74, 6) is 1.17. The number of amides is 2. The van der Waals surface area contributed by atoms with Gasteiger partial charge in [0, 0.05) is 12.1 Å². The van der Waals surface area contributed by atoms with Gasteiger partial charge < -0.3 is 19.7 Å². The molecule has 6 heteroatoms. The maximum Gasteiger partial charge on any atom is 0.251 e. The van der Waals surface area contributed by atoms with Crippen molar-refractivity contribution < 1.29 is 19.1 Å². The molecule has 2 aromatic rings. The monoisotopic (exact) mass is 366 g/mol. The van der Waals surface area contributed by atoms with Gasteiger partial charge in [-0.3, -0.25) is 9.59 Å². The SMILES string of the molecule is O=C(NCC(=O)N1CCC[C@H]1c1ccc2c(c1)OCCO2)c1ccccc1. The molecule has 2 aromatic carbocycles. The highest BCUT2D eigenvalue weighted by Gasteiger charge is 2.30. The molecule has 0 saturated carbocycles. The van der Waals surface area contributed by atoms with E-state index in [0.717, 1.165) is 29.9 Å². The van der Waals surface area contributed by atoms with Crippen LogP contribution in [-0.4, -0.2) is 43.0 Å². The number of ether oxygens (including phenoxy) is 2. The predicted octanol–water partition coefficient (Wildman–Crippen LogP) is 2.55. The van der Waals surface area contributed by atoms with Crippen molar-refractivity contribution in [3.8, 4) is 11.5 Å². The molecule has 0 spiro atoms. The van der Waals surface area contributed by atoms with E-state index in [0.29, 0.717) is 25.3 Å². The maximum absolute atomic E-state index is 12.7. The molecule has 2 amide bonds. The molecular formula is C21H22N2O4. The summed E-state index contributed by atoms with van der Waals surface area (Å²) in [4.78, 5) is 26.7. The fourth-order valence-electron chi connectivity index (χ4n) is 3.63. The number of hydrogen-bond acceptors (Lipinski definition) is 4. The van der Waals surface area contributed by atoms with Crippen molar-refractivity contribution >= 4 is 11.8 Å². The molecule has 0 radical (unpaired) electrons. The van der Waals surface area contributed by atoms with Gasteiger partial charge in [0.2, 0.25) is 5.91 Å². The zero-order chi connectivity index (χ0) is 18.6. The lowest BCUT2D eigenvalue weighted by atomic mass is 10.0. The minimum absolute atomic E-state index is 0.00181. The average molecular weight is 366 g/mol. The van der Waals surface area contributed by atoms with Crippen LogP contribution in [0.4, 0.5) is 0 Å². The number of carbonyl (C=O) groups is 2. The molecule has 1 saturated heterocycles. The Bertz CT molecular complexity index is 837. The van der Waals surface area contributed by atoms with Crippen molar-refractivity contribution in [2.75, 3.05) is 26.3 Å². The second-order valence-electron chi connectivity index (χ2n) is 6.70. The first kappa shape index (κ1) is 17.4. The van der Waals surface area contributed by atoms with Crippen LogP contribution in [0.15, 0.2) is 48.5 Å². The lowest BCUT2D eigenvalue weighted by molar-refractivity contribution is -0.131. The highest BCUT2D eigenvalue weighted by molar-refractivity contribution is 5.96. The Hall–Kier alpha value is -3.02. The van der Waals surface area contributed by atoms with E-state index < -0.39 is 0 Å². The molecule has 1 fully saturated rings. The van der Waals surface area contributed by atoms with Gasteiger partial charge in [0.25, 0.3) is 5.91 Å². The lowest BCUT2D eigenvalue weighted by Gasteiger charge is -2.27. The largest absolute Gasteiger partial charge is 0.486 e. The average Bonchev–Trinajstić information content (AvgIpc) is 3.22. The Morgan fingerprint density at radius 3 is 2.63 bits per heavy atom. The van der Waals surface area contributed by atoms with Crippen LogP contribution in [-0.2, 0) is 4.79 Å². The third-order valence-electron chi connectivity index (χ3n) is 4.96. The summed E-state index contributed by atoms with van der Waals surface area (Å²) in [7, 11) is 0. The fourth-order valence-corrected chi connectivity index (χ4v) is 3.63. The highest BCUT2D eigenvalue weighted by atomic mass is 16.6. The lowest BCUT2D eigenvalue weighted by Crippen LogP contribution is -2.39. The molecule has 0 bridgehead atoms. The van der Waals surface area contributed by atoms with Gasteiger partial charge in [0.15, 0.2) is 11.5 Å². The van der Waals surface area contributed by atoms with E-state index in [4.69, 9.17) is 9.47 Å². The zero-order valence-electron chi connectivity index (χ0n) is 15.0. The molecule has 27 heavy (non-hydrogen) atoms. The molecule has 2 aliphatic heterocycles. The number of likely N-dealkylation sites (tertiary alicyclic amines) is 1. The Balaban J connectivity index is 1.42. The third kappa shape index (κ3) is 3.74. The first-order valence-corrected chi connectivity index (χ1v) is 9.24. The maximum atomic E-state index is 12.7. The Labute approximate surface area is 158 Å². The summed E-state index contributed by atoms with van der Waals surface area (Å²) in [5.41, 5.74) is 1.59. The molecule has 6 nitrogen and oxygen atoms in total. The summed E-state index contributed by atoms with van der Waals surface area (Å²) in [6.07, 6.45) is 1.84. The highest BCUT2D eigenvalue weighted by Crippen LogP contribution is 2.38. The van der Waals surface area contributed by atoms with Crippen molar-refractivity contribution in [2.24, 2.45) is 0 Å². The Morgan fingerprint density at radius 2 is 1.81 bits per heavy atom.